The van der Waals surface area contributed by atoms with Gasteiger partial charge in [0.05, 0.1) is 0 Å². The molecular weight excluding hydrogens is 78.1 g/mol. The highest BCUT2D eigenvalue weighted by Gasteiger charge is 1.67. The summed E-state index contributed by atoms with van der Waals surface area (Å²) >= 11 is 0. The van der Waals surface area contributed by atoms with Gasteiger partial charge in [-0.3, -0.25) is 5.41 Å². The molecule has 0 atom stereocenters. The molecule has 0 heterocycles. The topological polar surface area (TPSA) is 62.2 Å². The number of hydrogen-bond acceptors (Lipinski definition) is 1. The summed E-state index contributed by atoms with van der Waals surface area (Å²) in [6.07, 6.45) is 1.47. The molecule has 0 aromatic heterocycles. The van der Waals surface area contributed by atoms with Gasteiger partial charge in [0.25, 0.3) is 0 Å². The van der Waals surface area contributed by atoms with Crippen LogP contribution in [0.1, 0.15) is 6.92 Å². The van der Waals surface area contributed by atoms with Crippen LogP contribution < -0.4 is 5.73 Å². The third-order valence-electron chi connectivity index (χ3n) is 0.268. The molecule has 0 rings (SSSR count). The third-order valence-corrected chi connectivity index (χ3v) is 0.268. The van der Waals surface area contributed by atoms with Gasteiger partial charge in [-0.1, -0.05) is 0 Å². The molecule has 34 valence electrons. The lowest BCUT2D eigenvalue weighted by atomic mass is 10.9. The Morgan fingerprint density at radius 1 is 2.00 bits per heavy atom. The van der Waals surface area contributed by atoms with Gasteiger partial charge in [0.1, 0.15) is 0 Å². The zero-order chi connectivity index (χ0) is 4.99. The Kier molecular flexibility index (Phi) is 2.04. The second-order valence-electron chi connectivity index (χ2n) is 0.773. The van der Waals surface area contributed by atoms with Crippen LogP contribution in [-0.2, 0) is 0 Å². The molecule has 0 saturated heterocycles. The second-order valence-corrected chi connectivity index (χ2v) is 0.773. The van der Waals surface area contributed by atoms with Gasteiger partial charge in [-0.15, -0.1) is 0 Å². The highest BCUT2D eigenvalue weighted by atomic mass is 14.9. The lowest BCUT2D eigenvalue weighted by Crippen LogP contribution is -2.04. The first-order valence-electron chi connectivity index (χ1n) is 1.60. The molecule has 0 aliphatic carbocycles. The van der Waals surface area contributed by atoms with Crippen molar-refractivity contribution in [1.82, 2.24) is 0 Å². The summed E-state index contributed by atoms with van der Waals surface area (Å²) in [5.41, 5.74) is 4.79. The molecule has 3 N–H and O–H groups in total. The van der Waals surface area contributed by atoms with E-state index in [0.717, 1.165) is 0 Å². The van der Waals surface area contributed by atoms with Gasteiger partial charge in [-0.2, -0.15) is 0 Å². The SMILES string of the molecule is CC=NC(=N)N. The number of aliphatic imine (C=N–C) groups is 1. The Balaban J connectivity index is 3.30. The second kappa shape index (κ2) is 2.38. The molecule has 0 saturated carbocycles. The summed E-state index contributed by atoms with van der Waals surface area (Å²) in [5.74, 6) is -0.141. The van der Waals surface area contributed by atoms with Gasteiger partial charge in [0, 0.05) is 6.21 Å². The average Bonchev–Trinajstić information content (AvgIpc) is 1.35. The predicted molar refractivity (Wildman–Crippen MR) is 26.1 cm³/mol. The smallest absolute Gasteiger partial charge is 0.212 e. The van der Waals surface area contributed by atoms with Crippen molar-refractivity contribution in [3.05, 3.63) is 0 Å². The van der Waals surface area contributed by atoms with Gasteiger partial charge < -0.3 is 5.73 Å². The molecule has 0 spiro atoms. The number of nitrogens with zero attached hydrogens (tertiary/aromatic N) is 1. The van der Waals surface area contributed by atoms with Gasteiger partial charge in [-0.25, -0.2) is 4.99 Å². The lowest BCUT2D eigenvalue weighted by molar-refractivity contribution is 1.38. The zero-order valence-electron chi connectivity index (χ0n) is 3.60. The van der Waals surface area contributed by atoms with Crippen LogP contribution in [0.5, 0.6) is 0 Å². The van der Waals surface area contributed by atoms with Crippen molar-refractivity contribution in [2.75, 3.05) is 0 Å². The van der Waals surface area contributed by atoms with E-state index in [1.165, 1.54) is 6.21 Å². The molecule has 0 radical (unpaired) electrons. The molecular formula is C3H7N3. The predicted octanol–water partition coefficient (Wildman–Crippen LogP) is -0.0294. The minimum atomic E-state index is -0.141. The molecule has 6 heavy (non-hydrogen) atoms. The fraction of sp³-hybridized carbons (Fsp3) is 0.333. The van der Waals surface area contributed by atoms with E-state index in [1.807, 2.05) is 0 Å². The van der Waals surface area contributed by atoms with E-state index in [1.54, 1.807) is 6.92 Å². The number of nitrogens with one attached hydrogen (secondary N) is 1. The van der Waals surface area contributed by atoms with Gasteiger partial charge in [-0.05, 0) is 6.92 Å². The first-order valence-corrected chi connectivity index (χ1v) is 1.60. The minimum absolute atomic E-state index is 0.141. The van der Waals surface area contributed by atoms with Crippen LogP contribution in [0.15, 0.2) is 4.99 Å². The fourth-order valence-electron chi connectivity index (χ4n) is 0.139. The lowest BCUT2D eigenvalue weighted by Gasteiger charge is -1.75. The molecule has 0 bridgehead atoms. The van der Waals surface area contributed by atoms with Crippen LogP contribution in [0.3, 0.4) is 0 Å². The molecule has 3 heteroatoms. The van der Waals surface area contributed by atoms with Crippen molar-refractivity contribution in [1.29, 1.82) is 5.41 Å². The number of rotatable bonds is 0. The Labute approximate surface area is 36.4 Å². The molecule has 0 unspecified atom stereocenters. The fourth-order valence-corrected chi connectivity index (χ4v) is 0.139. The van der Waals surface area contributed by atoms with E-state index >= 15 is 0 Å². The van der Waals surface area contributed by atoms with Crippen LogP contribution in [0.2, 0.25) is 0 Å². The Hall–Kier alpha value is -0.860. The van der Waals surface area contributed by atoms with Gasteiger partial charge in [0.2, 0.25) is 5.96 Å². The molecule has 0 amide bonds. The van der Waals surface area contributed by atoms with Crippen LogP contribution in [0, 0.1) is 5.41 Å². The maximum absolute atomic E-state index is 6.47. The zero-order valence-corrected chi connectivity index (χ0v) is 3.60. The van der Waals surface area contributed by atoms with E-state index in [9.17, 15) is 0 Å². The summed E-state index contributed by atoms with van der Waals surface area (Å²) in [6, 6.07) is 0. The van der Waals surface area contributed by atoms with Crippen molar-refractivity contribution >= 4 is 12.2 Å². The van der Waals surface area contributed by atoms with Crippen LogP contribution in [0.4, 0.5) is 0 Å². The highest BCUT2D eigenvalue weighted by molar-refractivity contribution is 5.82. The quantitative estimate of drug-likeness (QED) is 0.315. The molecule has 0 aromatic carbocycles. The van der Waals surface area contributed by atoms with Crippen molar-refractivity contribution in [2.45, 2.75) is 6.92 Å². The highest BCUT2D eigenvalue weighted by Crippen LogP contribution is 1.55. The molecule has 0 aliphatic rings. The van der Waals surface area contributed by atoms with Crippen molar-refractivity contribution < 1.29 is 0 Å². The maximum atomic E-state index is 6.47. The molecule has 0 aliphatic heterocycles. The maximum Gasteiger partial charge on any atom is 0.212 e. The van der Waals surface area contributed by atoms with E-state index in [4.69, 9.17) is 11.1 Å². The van der Waals surface area contributed by atoms with Crippen LogP contribution >= 0.6 is 0 Å². The number of guanidine groups is 1. The first-order chi connectivity index (χ1) is 2.77. The summed E-state index contributed by atoms with van der Waals surface area (Å²) in [7, 11) is 0. The van der Waals surface area contributed by atoms with Crippen molar-refractivity contribution in [3.63, 3.8) is 0 Å². The Morgan fingerprint density at radius 3 is 2.50 bits per heavy atom. The average molecular weight is 85.1 g/mol. The third kappa shape index (κ3) is 3.14. The number of nitrogens with two attached hydrogens (primary N) is 1. The van der Waals surface area contributed by atoms with Crippen molar-refractivity contribution in [3.8, 4) is 0 Å². The van der Waals surface area contributed by atoms with E-state index in [2.05, 4.69) is 4.99 Å². The molecule has 0 fully saturated rings. The summed E-state index contributed by atoms with van der Waals surface area (Å²) < 4.78 is 0. The first kappa shape index (κ1) is 5.14. The Morgan fingerprint density at radius 2 is 2.50 bits per heavy atom. The summed E-state index contributed by atoms with van der Waals surface area (Å²) in [5, 5.41) is 6.47. The van der Waals surface area contributed by atoms with Gasteiger partial charge >= 0.3 is 0 Å². The van der Waals surface area contributed by atoms with E-state index < -0.39 is 0 Å². The summed E-state index contributed by atoms with van der Waals surface area (Å²) in [4.78, 5) is 3.36. The van der Waals surface area contributed by atoms with Crippen molar-refractivity contribution in [2.24, 2.45) is 10.7 Å². The normalized spacial score (nSPS) is 9.50. The van der Waals surface area contributed by atoms with Crippen LogP contribution in [-0.4, -0.2) is 12.2 Å². The minimum Gasteiger partial charge on any atom is -0.368 e. The number of hydrogen-bond donors (Lipinski definition) is 2. The van der Waals surface area contributed by atoms with Crippen LogP contribution in [0.25, 0.3) is 0 Å². The largest absolute Gasteiger partial charge is 0.368 e. The monoisotopic (exact) mass is 85.1 g/mol. The van der Waals surface area contributed by atoms with Gasteiger partial charge in [0.15, 0.2) is 0 Å². The molecule has 0 aromatic rings. The Bertz CT molecular complexity index is 74.1. The van der Waals surface area contributed by atoms with E-state index in [-0.39, 0.29) is 5.96 Å². The molecule has 3 nitrogen and oxygen atoms in total. The summed E-state index contributed by atoms with van der Waals surface area (Å²) in [6.45, 7) is 1.71. The van der Waals surface area contributed by atoms with E-state index in [0.29, 0.717) is 0 Å². The standard InChI is InChI=1S/C3H7N3/c1-2-6-3(4)5/h2H,1H3,(H3,4,5).